The number of rotatable bonds is 7. The van der Waals surface area contributed by atoms with Gasteiger partial charge in [0.05, 0.1) is 22.5 Å². The Hall–Kier alpha value is -5.37. The molecule has 0 unspecified atom stereocenters. The Kier molecular flexibility index (Phi) is 6.86. The Morgan fingerprint density at radius 3 is 2.24 bits per heavy atom. The Bertz CT molecular complexity index is 1620. The summed E-state index contributed by atoms with van der Waals surface area (Å²) in [5, 5.41) is 19.4. The number of nitro groups is 1. The first kappa shape index (κ1) is 24.3. The molecule has 0 aliphatic carbocycles. The molecule has 5 aromatic rings. The standard InChI is InChI=1S/C30H23N5O3/c1-21-6-5-9-27(18-21)34-29(25-14-12-24(13-15-25)23-7-3-2-4-8-23)19-28(33-34)30(36)32-31-20-22-10-16-26(17-11-22)35(37)38/h2-20H,1H3,(H,32,36)/b31-20-. The van der Waals surface area contributed by atoms with Crippen molar-refractivity contribution < 1.29 is 9.72 Å². The second-order valence-corrected chi connectivity index (χ2v) is 8.66. The molecule has 5 rings (SSSR count). The molecule has 0 radical (unpaired) electrons. The number of nitro benzene ring substituents is 1. The quantitative estimate of drug-likeness (QED) is 0.163. The molecular weight excluding hydrogens is 478 g/mol. The average Bonchev–Trinajstić information content (AvgIpc) is 3.40. The maximum Gasteiger partial charge on any atom is 0.291 e. The molecule has 0 aliphatic rings. The summed E-state index contributed by atoms with van der Waals surface area (Å²) in [4.78, 5) is 23.3. The first-order valence-corrected chi connectivity index (χ1v) is 11.9. The van der Waals surface area contributed by atoms with Crippen molar-refractivity contribution in [2.75, 3.05) is 0 Å². The Balaban J connectivity index is 1.43. The number of hydrogen-bond acceptors (Lipinski definition) is 5. The van der Waals surface area contributed by atoms with Crippen LogP contribution in [0.1, 0.15) is 21.6 Å². The highest BCUT2D eigenvalue weighted by molar-refractivity contribution is 5.94. The molecule has 0 saturated heterocycles. The molecule has 1 aromatic heterocycles. The summed E-state index contributed by atoms with van der Waals surface area (Å²) in [6.07, 6.45) is 1.42. The largest absolute Gasteiger partial charge is 0.291 e. The third-order valence-corrected chi connectivity index (χ3v) is 5.96. The van der Waals surface area contributed by atoms with E-state index in [0.717, 1.165) is 33.6 Å². The fourth-order valence-electron chi connectivity index (χ4n) is 4.02. The van der Waals surface area contributed by atoms with Gasteiger partial charge in [0.15, 0.2) is 5.69 Å². The third-order valence-electron chi connectivity index (χ3n) is 5.96. The highest BCUT2D eigenvalue weighted by Crippen LogP contribution is 2.28. The number of hydrogen-bond donors (Lipinski definition) is 1. The van der Waals surface area contributed by atoms with E-state index in [1.807, 2.05) is 73.7 Å². The second-order valence-electron chi connectivity index (χ2n) is 8.66. The maximum absolute atomic E-state index is 12.9. The minimum atomic E-state index is -0.475. The molecular formula is C30H23N5O3. The molecule has 0 saturated carbocycles. The summed E-state index contributed by atoms with van der Waals surface area (Å²) in [5.41, 5.74) is 9.08. The molecule has 38 heavy (non-hydrogen) atoms. The zero-order valence-electron chi connectivity index (χ0n) is 20.5. The average molecular weight is 502 g/mol. The topological polar surface area (TPSA) is 102 Å². The van der Waals surface area contributed by atoms with Crippen LogP contribution in [0.3, 0.4) is 0 Å². The predicted octanol–water partition coefficient (Wildman–Crippen LogP) is 6.19. The highest BCUT2D eigenvalue weighted by atomic mass is 16.6. The molecule has 1 N–H and O–H groups in total. The van der Waals surface area contributed by atoms with E-state index < -0.39 is 10.8 Å². The minimum Gasteiger partial charge on any atom is -0.265 e. The number of aromatic nitrogens is 2. The van der Waals surface area contributed by atoms with Crippen molar-refractivity contribution in [1.82, 2.24) is 15.2 Å². The summed E-state index contributed by atoms with van der Waals surface area (Å²) < 4.78 is 1.75. The lowest BCUT2D eigenvalue weighted by Crippen LogP contribution is -2.18. The minimum absolute atomic E-state index is 0.0165. The van der Waals surface area contributed by atoms with Crippen molar-refractivity contribution in [2.24, 2.45) is 5.10 Å². The van der Waals surface area contributed by atoms with E-state index in [0.29, 0.717) is 5.56 Å². The number of aryl methyl sites for hydroxylation is 1. The fraction of sp³-hybridized carbons (Fsp3) is 0.0333. The summed E-state index contributed by atoms with van der Waals surface area (Å²) in [5.74, 6) is -0.475. The van der Waals surface area contributed by atoms with Crippen LogP contribution in [0.15, 0.2) is 114 Å². The SMILES string of the molecule is Cc1cccc(-n2nc(C(=O)N/N=C\c3ccc([N+](=O)[O-])cc3)cc2-c2ccc(-c3ccccc3)cc2)c1. The Morgan fingerprint density at radius 2 is 1.55 bits per heavy atom. The van der Waals surface area contributed by atoms with Crippen LogP contribution in [-0.2, 0) is 0 Å². The molecule has 1 amide bonds. The van der Waals surface area contributed by atoms with Gasteiger partial charge in [-0.2, -0.15) is 10.2 Å². The van der Waals surface area contributed by atoms with Gasteiger partial charge >= 0.3 is 0 Å². The number of nitrogens with zero attached hydrogens (tertiary/aromatic N) is 4. The van der Waals surface area contributed by atoms with E-state index in [-0.39, 0.29) is 11.4 Å². The van der Waals surface area contributed by atoms with E-state index >= 15 is 0 Å². The van der Waals surface area contributed by atoms with E-state index in [1.165, 1.54) is 18.3 Å². The lowest BCUT2D eigenvalue weighted by atomic mass is 10.0. The molecule has 8 heteroatoms. The van der Waals surface area contributed by atoms with Gasteiger partial charge in [-0.05, 0) is 59.5 Å². The fourth-order valence-corrected chi connectivity index (χ4v) is 4.02. The summed E-state index contributed by atoms with van der Waals surface area (Å²) in [7, 11) is 0. The van der Waals surface area contributed by atoms with Crippen LogP contribution in [0.4, 0.5) is 5.69 Å². The first-order chi connectivity index (χ1) is 18.5. The van der Waals surface area contributed by atoms with Gasteiger partial charge in [0, 0.05) is 17.7 Å². The summed E-state index contributed by atoms with van der Waals surface area (Å²) in [6, 6.07) is 33.7. The zero-order valence-corrected chi connectivity index (χ0v) is 20.5. The lowest BCUT2D eigenvalue weighted by Gasteiger charge is -2.09. The molecule has 0 spiro atoms. The van der Waals surface area contributed by atoms with Gasteiger partial charge < -0.3 is 0 Å². The Labute approximate surface area is 219 Å². The molecule has 0 bridgehead atoms. The molecule has 186 valence electrons. The number of hydrazone groups is 1. The summed E-state index contributed by atoms with van der Waals surface area (Å²) in [6.45, 7) is 2.00. The maximum atomic E-state index is 12.9. The molecule has 1 heterocycles. The van der Waals surface area contributed by atoms with Crippen LogP contribution in [-0.4, -0.2) is 26.8 Å². The van der Waals surface area contributed by atoms with E-state index in [2.05, 4.69) is 27.8 Å². The monoisotopic (exact) mass is 501 g/mol. The zero-order chi connectivity index (χ0) is 26.5. The number of amides is 1. The van der Waals surface area contributed by atoms with E-state index in [4.69, 9.17) is 0 Å². The van der Waals surface area contributed by atoms with E-state index in [9.17, 15) is 14.9 Å². The van der Waals surface area contributed by atoms with E-state index in [1.54, 1.807) is 22.9 Å². The molecule has 0 atom stereocenters. The van der Waals surface area contributed by atoms with Crippen LogP contribution in [0.5, 0.6) is 0 Å². The number of non-ortho nitro benzene ring substituents is 1. The van der Waals surface area contributed by atoms with Crippen molar-refractivity contribution >= 4 is 17.8 Å². The lowest BCUT2D eigenvalue weighted by molar-refractivity contribution is -0.384. The number of nitrogens with one attached hydrogen (secondary N) is 1. The van der Waals surface area contributed by atoms with Gasteiger partial charge in [0.25, 0.3) is 11.6 Å². The van der Waals surface area contributed by atoms with Crippen LogP contribution >= 0.6 is 0 Å². The molecule has 0 fully saturated rings. The van der Waals surface area contributed by atoms with Crippen LogP contribution < -0.4 is 5.43 Å². The van der Waals surface area contributed by atoms with Crippen molar-refractivity contribution in [1.29, 1.82) is 0 Å². The van der Waals surface area contributed by atoms with Crippen molar-refractivity contribution in [2.45, 2.75) is 6.92 Å². The van der Waals surface area contributed by atoms with Crippen LogP contribution in [0.2, 0.25) is 0 Å². The van der Waals surface area contributed by atoms with Crippen molar-refractivity contribution in [3.63, 3.8) is 0 Å². The van der Waals surface area contributed by atoms with Gasteiger partial charge in [-0.3, -0.25) is 14.9 Å². The van der Waals surface area contributed by atoms with Crippen molar-refractivity contribution in [3.05, 3.63) is 136 Å². The van der Waals surface area contributed by atoms with Gasteiger partial charge in [-0.1, -0.05) is 66.7 Å². The number of carbonyl (C=O) groups excluding carboxylic acids is 1. The predicted molar refractivity (Wildman–Crippen MR) is 147 cm³/mol. The van der Waals surface area contributed by atoms with Crippen LogP contribution in [0, 0.1) is 17.0 Å². The van der Waals surface area contributed by atoms with Crippen LogP contribution in [0.25, 0.3) is 28.1 Å². The van der Waals surface area contributed by atoms with Crippen molar-refractivity contribution in [3.8, 4) is 28.1 Å². The molecule has 8 nitrogen and oxygen atoms in total. The number of benzene rings is 4. The van der Waals surface area contributed by atoms with Gasteiger partial charge in [0.1, 0.15) is 0 Å². The number of carbonyl (C=O) groups is 1. The summed E-state index contributed by atoms with van der Waals surface area (Å²) >= 11 is 0. The third kappa shape index (κ3) is 5.39. The second kappa shape index (κ2) is 10.7. The van der Waals surface area contributed by atoms with Gasteiger partial charge in [-0.15, -0.1) is 0 Å². The normalized spacial score (nSPS) is 11.0. The molecule has 0 aliphatic heterocycles. The van der Waals surface area contributed by atoms with Gasteiger partial charge in [-0.25, -0.2) is 10.1 Å². The Morgan fingerprint density at radius 1 is 0.868 bits per heavy atom. The van der Waals surface area contributed by atoms with Gasteiger partial charge in [0.2, 0.25) is 0 Å². The molecule has 4 aromatic carbocycles. The first-order valence-electron chi connectivity index (χ1n) is 11.9. The highest BCUT2D eigenvalue weighted by Gasteiger charge is 2.17. The smallest absolute Gasteiger partial charge is 0.265 e.